The molecule has 0 radical (unpaired) electrons. The fourth-order valence-electron chi connectivity index (χ4n) is 2.78. The van der Waals surface area contributed by atoms with Crippen molar-refractivity contribution >= 4 is 0 Å². The van der Waals surface area contributed by atoms with Gasteiger partial charge in [0.1, 0.15) is 0 Å². The van der Waals surface area contributed by atoms with Crippen LogP contribution < -0.4 is 0 Å². The molecule has 3 atom stereocenters. The molecule has 10 heavy (non-hydrogen) atoms. The molecule has 2 rings (SSSR count). The van der Waals surface area contributed by atoms with Crippen molar-refractivity contribution in [1.82, 2.24) is 4.90 Å². The zero-order valence-electron chi connectivity index (χ0n) is 6.60. The summed E-state index contributed by atoms with van der Waals surface area (Å²) in [5.74, 6) is 0.825. The number of halogens is 1. The van der Waals surface area contributed by atoms with Crippen LogP contribution in [-0.2, 0) is 0 Å². The molecule has 2 aliphatic rings. The summed E-state index contributed by atoms with van der Waals surface area (Å²) in [5, 5.41) is 0. The Balaban J connectivity index is 2.04. The molecule has 0 bridgehead atoms. The van der Waals surface area contributed by atoms with Crippen LogP contribution in [0.1, 0.15) is 13.3 Å². The minimum atomic E-state index is -0.140. The van der Waals surface area contributed by atoms with Gasteiger partial charge in [0.2, 0.25) is 0 Å². The summed E-state index contributed by atoms with van der Waals surface area (Å²) in [6.45, 7) is 3.11. The Kier molecular flexibility index (Phi) is 1.14. The van der Waals surface area contributed by atoms with Crippen LogP contribution in [0, 0.1) is 11.3 Å². The zero-order chi connectivity index (χ0) is 7.35. The van der Waals surface area contributed by atoms with Crippen LogP contribution in [0.5, 0.6) is 0 Å². The van der Waals surface area contributed by atoms with E-state index in [4.69, 9.17) is 0 Å². The fourth-order valence-corrected chi connectivity index (χ4v) is 2.78. The van der Waals surface area contributed by atoms with Gasteiger partial charge in [-0.25, -0.2) is 0 Å². The molecule has 0 aromatic rings. The molecule has 0 aromatic heterocycles. The number of likely N-dealkylation sites (tertiary alicyclic amines) is 1. The van der Waals surface area contributed by atoms with Gasteiger partial charge < -0.3 is 4.90 Å². The number of fused-ring (bicyclic) bond motifs is 1. The number of alkyl halides is 1. The molecule has 1 nitrogen and oxygen atoms in total. The lowest BCUT2D eigenvalue weighted by molar-refractivity contribution is -0.159. The smallest absolute Gasteiger partial charge is 0.0963 e. The summed E-state index contributed by atoms with van der Waals surface area (Å²) in [7, 11) is 2.09. The molecule has 1 saturated carbocycles. The summed E-state index contributed by atoms with van der Waals surface area (Å²) in [4.78, 5) is 2.27. The highest BCUT2D eigenvalue weighted by molar-refractivity contribution is 5.10. The Labute approximate surface area is 61.2 Å². The van der Waals surface area contributed by atoms with Crippen molar-refractivity contribution in [3.05, 3.63) is 0 Å². The van der Waals surface area contributed by atoms with E-state index in [0.717, 1.165) is 12.3 Å². The van der Waals surface area contributed by atoms with E-state index in [0.29, 0.717) is 6.04 Å². The number of nitrogens with zero attached hydrogens (tertiary/aromatic N) is 1. The molecular formula is C8H14FN. The minimum absolute atomic E-state index is 0.0116. The van der Waals surface area contributed by atoms with Crippen molar-refractivity contribution in [1.29, 1.82) is 0 Å². The van der Waals surface area contributed by atoms with E-state index >= 15 is 0 Å². The van der Waals surface area contributed by atoms with Crippen LogP contribution in [-0.4, -0.2) is 31.2 Å². The van der Waals surface area contributed by atoms with Gasteiger partial charge in [-0.1, -0.05) is 6.92 Å². The molecule has 1 saturated heterocycles. The molecule has 0 spiro atoms. The highest BCUT2D eigenvalue weighted by atomic mass is 19.1. The van der Waals surface area contributed by atoms with Gasteiger partial charge in [-0.05, 0) is 19.4 Å². The van der Waals surface area contributed by atoms with Crippen molar-refractivity contribution in [2.24, 2.45) is 11.3 Å². The molecule has 0 N–H and O–H groups in total. The van der Waals surface area contributed by atoms with Crippen LogP contribution >= 0.6 is 0 Å². The largest absolute Gasteiger partial charge is 0.302 e. The molecule has 1 aliphatic carbocycles. The first-order chi connectivity index (χ1) is 4.67. The third-order valence-corrected chi connectivity index (χ3v) is 3.19. The second-order valence-corrected chi connectivity index (χ2v) is 4.14. The van der Waals surface area contributed by atoms with Gasteiger partial charge in [-0.3, -0.25) is 4.39 Å². The molecule has 2 heteroatoms. The Morgan fingerprint density at radius 1 is 1.70 bits per heavy atom. The third-order valence-electron chi connectivity index (χ3n) is 3.19. The molecular weight excluding hydrogens is 129 g/mol. The first-order valence-corrected chi connectivity index (χ1v) is 3.93. The number of hydrogen-bond donors (Lipinski definition) is 0. The molecule has 1 heterocycles. The maximum absolute atomic E-state index is 12.4. The monoisotopic (exact) mass is 143 g/mol. The van der Waals surface area contributed by atoms with Crippen LogP contribution in [0.2, 0.25) is 0 Å². The fraction of sp³-hybridized carbons (Fsp3) is 1.00. The van der Waals surface area contributed by atoms with Gasteiger partial charge in [-0.2, -0.15) is 0 Å². The molecule has 2 fully saturated rings. The lowest BCUT2D eigenvalue weighted by Crippen LogP contribution is -2.71. The average Bonchev–Trinajstić information content (AvgIpc) is 1.84. The first kappa shape index (κ1) is 6.59. The van der Waals surface area contributed by atoms with Crippen molar-refractivity contribution in [3.63, 3.8) is 0 Å². The molecule has 1 aliphatic heterocycles. The predicted molar refractivity (Wildman–Crippen MR) is 38.6 cm³/mol. The van der Waals surface area contributed by atoms with Crippen molar-refractivity contribution < 1.29 is 4.39 Å². The maximum Gasteiger partial charge on any atom is 0.0963 e. The Morgan fingerprint density at radius 2 is 2.40 bits per heavy atom. The Bertz CT molecular complexity index is 155. The summed E-state index contributed by atoms with van der Waals surface area (Å²) in [6.07, 6.45) is 1.11. The van der Waals surface area contributed by atoms with E-state index in [1.807, 2.05) is 0 Å². The summed E-state index contributed by atoms with van der Waals surface area (Å²) in [5.41, 5.74) is 0.0116. The summed E-state index contributed by atoms with van der Waals surface area (Å²) in [6, 6.07) is 0.567. The minimum Gasteiger partial charge on any atom is -0.302 e. The van der Waals surface area contributed by atoms with E-state index in [-0.39, 0.29) is 12.1 Å². The SMILES string of the molecule is CN1CC2CC(C)(CF)C21. The highest BCUT2D eigenvalue weighted by Crippen LogP contribution is 2.54. The van der Waals surface area contributed by atoms with Crippen molar-refractivity contribution in [3.8, 4) is 0 Å². The summed E-state index contributed by atoms with van der Waals surface area (Å²) >= 11 is 0. The average molecular weight is 143 g/mol. The van der Waals surface area contributed by atoms with Crippen molar-refractivity contribution in [2.45, 2.75) is 19.4 Å². The van der Waals surface area contributed by atoms with E-state index in [1.54, 1.807) is 0 Å². The van der Waals surface area contributed by atoms with Gasteiger partial charge >= 0.3 is 0 Å². The maximum atomic E-state index is 12.4. The standard InChI is InChI=1S/C8H14FN/c1-8(5-9)3-6-4-10(2)7(6)8/h6-7H,3-5H2,1-2H3. The second kappa shape index (κ2) is 1.73. The molecule has 0 amide bonds. The van der Waals surface area contributed by atoms with Gasteiger partial charge in [0.05, 0.1) is 6.67 Å². The normalized spacial score (nSPS) is 53.1. The zero-order valence-corrected chi connectivity index (χ0v) is 6.60. The second-order valence-electron chi connectivity index (χ2n) is 4.14. The molecule has 3 unspecified atom stereocenters. The molecule has 58 valence electrons. The quantitative estimate of drug-likeness (QED) is 0.534. The van der Waals surface area contributed by atoms with Crippen molar-refractivity contribution in [2.75, 3.05) is 20.3 Å². The lowest BCUT2D eigenvalue weighted by Gasteiger charge is -2.64. The van der Waals surface area contributed by atoms with Crippen LogP contribution in [0.15, 0.2) is 0 Å². The third kappa shape index (κ3) is 0.559. The molecule has 0 aromatic carbocycles. The highest BCUT2D eigenvalue weighted by Gasteiger charge is 2.58. The van der Waals surface area contributed by atoms with Gasteiger partial charge in [0.25, 0.3) is 0 Å². The van der Waals surface area contributed by atoms with Gasteiger partial charge in [0, 0.05) is 18.0 Å². The first-order valence-electron chi connectivity index (χ1n) is 3.93. The van der Waals surface area contributed by atoms with Crippen LogP contribution in [0.3, 0.4) is 0 Å². The number of rotatable bonds is 1. The summed E-state index contributed by atoms with van der Waals surface area (Å²) < 4.78 is 12.4. The van der Waals surface area contributed by atoms with E-state index in [1.165, 1.54) is 6.54 Å². The van der Waals surface area contributed by atoms with Gasteiger partial charge in [-0.15, -0.1) is 0 Å². The Hall–Kier alpha value is -0.110. The van der Waals surface area contributed by atoms with E-state index in [2.05, 4.69) is 18.9 Å². The van der Waals surface area contributed by atoms with E-state index in [9.17, 15) is 4.39 Å². The predicted octanol–water partition coefficient (Wildman–Crippen LogP) is 1.30. The number of hydrogen-bond acceptors (Lipinski definition) is 1. The van der Waals surface area contributed by atoms with Crippen LogP contribution in [0.4, 0.5) is 4.39 Å². The van der Waals surface area contributed by atoms with Gasteiger partial charge in [0.15, 0.2) is 0 Å². The Morgan fingerprint density at radius 3 is 2.70 bits per heavy atom. The van der Waals surface area contributed by atoms with E-state index < -0.39 is 0 Å². The topological polar surface area (TPSA) is 3.24 Å². The number of piperidine rings is 1. The lowest BCUT2D eigenvalue weighted by atomic mass is 9.54. The van der Waals surface area contributed by atoms with Crippen LogP contribution in [0.25, 0.3) is 0 Å².